The zero-order valence-electron chi connectivity index (χ0n) is 12.8. The van der Waals surface area contributed by atoms with Crippen molar-refractivity contribution in [1.29, 1.82) is 0 Å². The number of nitrogens with one attached hydrogen (secondary N) is 1. The zero-order valence-corrected chi connectivity index (χ0v) is 15.3. The van der Waals surface area contributed by atoms with E-state index in [-0.39, 0.29) is 12.2 Å². The average molecular weight is 448 g/mol. The molecule has 26 heavy (non-hydrogen) atoms. The van der Waals surface area contributed by atoms with Gasteiger partial charge in [-0.3, -0.25) is 4.79 Å². The van der Waals surface area contributed by atoms with Crippen molar-refractivity contribution in [2.24, 2.45) is 0 Å². The second kappa shape index (κ2) is 7.20. The molecule has 0 fully saturated rings. The molecule has 3 rings (SSSR count). The fourth-order valence-corrected chi connectivity index (χ4v) is 3.69. The number of benzene rings is 1. The van der Waals surface area contributed by atoms with Gasteiger partial charge in [0.05, 0.1) is 18.3 Å². The minimum Gasteiger partial charge on any atom is -0.347 e. The van der Waals surface area contributed by atoms with Gasteiger partial charge in [-0.05, 0) is 34.1 Å². The van der Waals surface area contributed by atoms with Crippen molar-refractivity contribution >= 4 is 33.2 Å². The quantitative estimate of drug-likeness (QED) is 0.584. The molecule has 0 saturated heterocycles. The van der Waals surface area contributed by atoms with E-state index in [2.05, 4.69) is 26.3 Å². The molecule has 1 aromatic carbocycles. The summed E-state index contributed by atoms with van der Waals surface area (Å²) < 4.78 is 55.7. The highest BCUT2D eigenvalue weighted by molar-refractivity contribution is 9.10. The summed E-state index contributed by atoms with van der Waals surface area (Å²) in [7, 11) is 0. The summed E-state index contributed by atoms with van der Waals surface area (Å²) in [6.07, 6.45) is -4.10. The summed E-state index contributed by atoms with van der Waals surface area (Å²) in [5.41, 5.74) is -2.38. The first kappa shape index (κ1) is 18.6. The van der Waals surface area contributed by atoms with Gasteiger partial charge in [-0.25, -0.2) is 9.07 Å². The number of para-hydroxylation sites is 1. The van der Waals surface area contributed by atoms with Gasteiger partial charge in [-0.15, -0.1) is 11.3 Å². The standard InChI is InChI=1S/C16H10BrF4N3OS/c17-9-5-10(26-8-9)6-22-15(25)11-7-23-24(14(11)16(19,20)21)13-4-2-1-3-12(13)18/h1-5,7-8H,6H2,(H,22,25). The van der Waals surface area contributed by atoms with Gasteiger partial charge in [0, 0.05) is 14.7 Å². The van der Waals surface area contributed by atoms with Gasteiger partial charge in [-0.2, -0.15) is 18.3 Å². The Hall–Kier alpha value is -2.20. The second-order valence-corrected chi connectivity index (χ2v) is 7.09. The molecule has 10 heteroatoms. The van der Waals surface area contributed by atoms with Crippen molar-refractivity contribution in [2.75, 3.05) is 0 Å². The first-order valence-corrected chi connectivity index (χ1v) is 8.86. The van der Waals surface area contributed by atoms with Gasteiger partial charge >= 0.3 is 6.18 Å². The Labute approximate surface area is 157 Å². The predicted octanol–water partition coefficient (Wildman–Crippen LogP) is 4.78. The number of hydrogen-bond donors (Lipinski definition) is 1. The molecular formula is C16H10BrF4N3OS. The van der Waals surface area contributed by atoms with E-state index in [1.807, 2.05) is 0 Å². The van der Waals surface area contributed by atoms with Gasteiger partial charge in [0.2, 0.25) is 0 Å². The Morgan fingerprint density at radius 1 is 1.31 bits per heavy atom. The largest absolute Gasteiger partial charge is 0.434 e. The van der Waals surface area contributed by atoms with Crippen molar-refractivity contribution in [3.05, 3.63) is 68.3 Å². The summed E-state index contributed by atoms with van der Waals surface area (Å²) in [4.78, 5) is 13.0. The van der Waals surface area contributed by atoms with Gasteiger partial charge in [0.25, 0.3) is 5.91 Å². The summed E-state index contributed by atoms with van der Waals surface area (Å²) in [5, 5.41) is 7.80. The average Bonchev–Trinajstić information content (AvgIpc) is 3.19. The lowest BCUT2D eigenvalue weighted by molar-refractivity contribution is -0.143. The molecule has 0 atom stereocenters. The van der Waals surface area contributed by atoms with Crippen LogP contribution in [0.4, 0.5) is 17.6 Å². The van der Waals surface area contributed by atoms with Crippen LogP contribution in [-0.2, 0) is 12.7 Å². The van der Waals surface area contributed by atoms with E-state index < -0.39 is 29.2 Å². The van der Waals surface area contributed by atoms with Crippen LogP contribution in [0.3, 0.4) is 0 Å². The molecule has 0 bridgehead atoms. The fourth-order valence-electron chi connectivity index (χ4n) is 2.30. The molecule has 2 heterocycles. The number of aromatic nitrogens is 2. The van der Waals surface area contributed by atoms with E-state index in [0.717, 1.165) is 27.7 Å². The van der Waals surface area contributed by atoms with Gasteiger partial charge < -0.3 is 5.32 Å². The van der Waals surface area contributed by atoms with Crippen LogP contribution < -0.4 is 5.32 Å². The molecule has 0 radical (unpaired) electrons. The van der Waals surface area contributed by atoms with Crippen molar-refractivity contribution in [1.82, 2.24) is 15.1 Å². The van der Waals surface area contributed by atoms with Gasteiger partial charge in [0.15, 0.2) is 5.69 Å². The highest BCUT2D eigenvalue weighted by atomic mass is 79.9. The number of amides is 1. The molecule has 136 valence electrons. The van der Waals surface area contributed by atoms with Crippen LogP contribution in [0.1, 0.15) is 20.9 Å². The third-order valence-corrected chi connectivity index (χ3v) is 5.11. The summed E-state index contributed by atoms with van der Waals surface area (Å²) >= 11 is 4.60. The molecule has 0 aliphatic heterocycles. The van der Waals surface area contributed by atoms with E-state index in [1.54, 1.807) is 11.4 Å². The minimum atomic E-state index is -4.89. The van der Waals surface area contributed by atoms with Crippen LogP contribution in [0.5, 0.6) is 0 Å². The van der Waals surface area contributed by atoms with Gasteiger partial charge in [-0.1, -0.05) is 12.1 Å². The lowest BCUT2D eigenvalue weighted by atomic mass is 10.2. The molecular weight excluding hydrogens is 438 g/mol. The number of carbonyl (C=O) groups excluding carboxylic acids is 1. The van der Waals surface area contributed by atoms with E-state index >= 15 is 0 Å². The molecule has 0 unspecified atom stereocenters. The van der Waals surface area contributed by atoms with Crippen LogP contribution in [0.15, 0.2) is 46.4 Å². The monoisotopic (exact) mass is 447 g/mol. The maximum Gasteiger partial charge on any atom is 0.434 e. The number of carbonyl (C=O) groups is 1. The highest BCUT2D eigenvalue weighted by Gasteiger charge is 2.41. The van der Waals surface area contributed by atoms with E-state index in [4.69, 9.17) is 0 Å². The molecule has 0 saturated carbocycles. The summed E-state index contributed by atoms with van der Waals surface area (Å²) in [5.74, 6) is -1.82. The molecule has 3 aromatic rings. The molecule has 0 spiro atoms. The van der Waals surface area contributed by atoms with Crippen molar-refractivity contribution in [3.63, 3.8) is 0 Å². The Balaban J connectivity index is 1.94. The number of thiophene rings is 1. The lowest BCUT2D eigenvalue weighted by Gasteiger charge is -2.13. The third kappa shape index (κ3) is 3.80. The number of rotatable bonds is 4. The normalized spacial score (nSPS) is 11.6. The topological polar surface area (TPSA) is 46.9 Å². The smallest absolute Gasteiger partial charge is 0.347 e. The zero-order chi connectivity index (χ0) is 18.9. The van der Waals surface area contributed by atoms with Crippen LogP contribution in [-0.4, -0.2) is 15.7 Å². The van der Waals surface area contributed by atoms with Crippen molar-refractivity contribution < 1.29 is 22.4 Å². The molecule has 4 nitrogen and oxygen atoms in total. The van der Waals surface area contributed by atoms with Crippen molar-refractivity contribution in [3.8, 4) is 5.69 Å². The Bertz CT molecular complexity index is 951. The second-order valence-electron chi connectivity index (χ2n) is 5.18. The van der Waals surface area contributed by atoms with Gasteiger partial charge in [0.1, 0.15) is 11.5 Å². The van der Waals surface area contributed by atoms with Crippen LogP contribution in [0, 0.1) is 5.82 Å². The highest BCUT2D eigenvalue weighted by Crippen LogP contribution is 2.34. The van der Waals surface area contributed by atoms with Crippen LogP contribution in [0.25, 0.3) is 5.69 Å². The predicted molar refractivity (Wildman–Crippen MR) is 91.7 cm³/mol. The maximum atomic E-state index is 13.9. The lowest BCUT2D eigenvalue weighted by Crippen LogP contribution is -2.26. The molecule has 2 aromatic heterocycles. The molecule has 0 aliphatic rings. The van der Waals surface area contributed by atoms with Crippen LogP contribution >= 0.6 is 27.3 Å². The first-order valence-electron chi connectivity index (χ1n) is 7.18. The van der Waals surface area contributed by atoms with E-state index in [9.17, 15) is 22.4 Å². The van der Waals surface area contributed by atoms with E-state index in [1.165, 1.54) is 23.5 Å². The maximum absolute atomic E-state index is 13.9. The third-order valence-electron chi connectivity index (χ3n) is 3.41. The summed E-state index contributed by atoms with van der Waals surface area (Å²) in [6.45, 7) is 0.0667. The molecule has 1 amide bonds. The Morgan fingerprint density at radius 3 is 2.65 bits per heavy atom. The Kier molecular flexibility index (Phi) is 5.15. The molecule has 1 N–H and O–H groups in total. The number of hydrogen-bond acceptors (Lipinski definition) is 3. The SMILES string of the molecule is O=C(NCc1cc(Br)cs1)c1cnn(-c2ccccc2F)c1C(F)(F)F. The molecule has 0 aliphatic carbocycles. The van der Waals surface area contributed by atoms with E-state index in [0.29, 0.717) is 4.68 Å². The minimum absolute atomic E-state index is 0.0667. The number of alkyl halides is 3. The van der Waals surface area contributed by atoms with Crippen molar-refractivity contribution in [2.45, 2.75) is 12.7 Å². The first-order chi connectivity index (χ1) is 12.3. The fraction of sp³-hybridized carbons (Fsp3) is 0.125. The van der Waals surface area contributed by atoms with Crippen LogP contribution in [0.2, 0.25) is 0 Å². The number of nitrogens with zero attached hydrogens (tertiary/aromatic N) is 2. The number of halogens is 5. The summed E-state index contributed by atoms with van der Waals surface area (Å²) in [6, 6.07) is 6.66. The Morgan fingerprint density at radius 2 is 2.04 bits per heavy atom.